The van der Waals surface area contributed by atoms with Gasteiger partial charge < -0.3 is 5.84 Å². The predicted octanol–water partition coefficient (Wildman–Crippen LogP) is -0.155. The summed E-state index contributed by atoms with van der Waals surface area (Å²) in [6.07, 6.45) is 1.65. The fraction of sp³-hybridized carbons (Fsp3) is 0.333. The average molecular weight is 83.1 g/mol. The molecule has 0 saturated carbocycles. The third-order valence-electron chi connectivity index (χ3n) is 0.288. The second-order valence-electron chi connectivity index (χ2n) is 0.694. The highest BCUT2D eigenvalue weighted by Gasteiger charge is 1.63. The fourth-order valence-electron chi connectivity index (χ4n) is 0.0935. The summed E-state index contributed by atoms with van der Waals surface area (Å²) in [5, 5.41) is 10.9. The van der Waals surface area contributed by atoms with E-state index in [2.05, 4.69) is 10.9 Å². The molecular formula is C3H5N3. The number of rotatable bonds is 1. The molecule has 3 heteroatoms. The monoisotopic (exact) mass is 83.0 g/mol. The summed E-state index contributed by atoms with van der Waals surface area (Å²) in [6, 6.07) is 1.84. The molecule has 0 heterocycles. The van der Waals surface area contributed by atoms with Gasteiger partial charge in [0.25, 0.3) is 0 Å². The number of nitrogens with two attached hydrogens (primary N) is 1. The molecular weight excluding hydrogens is 78.1 g/mol. The van der Waals surface area contributed by atoms with Crippen molar-refractivity contribution in [2.75, 3.05) is 0 Å². The Morgan fingerprint density at radius 1 is 2.00 bits per heavy atom. The minimum absolute atomic E-state index is 0.302. The van der Waals surface area contributed by atoms with Crippen LogP contribution in [0, 0.1) is 11.3 Å². The zero-order valence-corrected chi connectivity index (χ0v) is 3.26. The molecule has 3 nitrogen and oxygen atoms in total. The van der Waals surface area contributed by atoms with Crippen LogP contribution in [0.2, 0.25) is 0 Å². The maximum absolute atomic E-state index is 7.80. The van der Waals surface area contributed by atoms with Gasteiger partial charge in [-0.1, -0.05) is 0 Å². The van der Waals surface area contributed by atoms with Gasteiger partial charge in [0.2, 0.25) is 0 Å². The van der Waals surface area contributed by atoms with Crippen molar-refractivity contribution >= 4 is 6.21 Å². The molecule has 2 N–H and O–H groups in total. The van der Waals surface area contributed by atoms with E-state index in [0.717, 1.165) is 0 Å². The lowest BCUT2D eigenvalue weighted by atomic mass is 10.5. The molecule has 0 amide bonds. The Morgan fingerprint density at radius 3 is 2.83 bits per heavy atom. The molecule has 0 aromatic carbocycles. The van der Waals surface area contributed by atoms with Crippen molar-refractivity contribution in [3.63, 3.8) is 0 Å². The van der Waals surface area contributed by atoms with E-state index in [0.29, 0.717) is 6.42 Å². The maximum atomic E-state index is 7.80. The van der Waals surface area contributed by atoms with Crippen LogP contribution in [0.15, 0.2) is 5.10 Å². The van der Waals surface area contributed by atoms with Crippen molar-refractivity contribution in [1.29, 1.82) is 5.26 Å². The highest BCUT2D eigenvalue weighted by Crippen LogP contribution is 1.59. The van der Waals surface area contributed by atoms with Crippen LogP contribution in [-0.2, 0) is 0 Å². The minimum Gasteiger partial charge on any atom is -0.324 e. The second kappa shape index (κ2) is 3.96. The zero-order chi connectivity index (χ0) is 4.83. The molecule has 0 rings (SSSR count). The van der Waals surface area contributed by atoms with E-state index in [4.69, 9.17) is 5.26 Å². The first-order valence-corrected chi connectivity index (χ1v) is 1.50. The number of hydrazone groups is 1. The molecule has 0 atom stereocenters. The van der Waals surface area contributed by atoms with Gasteiger partial charge in [-0.2, -0.15) is 10.4 Å². The summed E-state index contributed by atoms with van der Waals surface area (Å²) < 4.78 is 0. The van der Waals surface area contributed by atoms with Gasteiger partial charge in [0.05, 0.1) is 12.5 Å². The minimum atomic E-state index is 0.302. The van der Waals surface area contributed by atoms with E-state index in [1.54, 1.807) is 0 Å². The van der Waals surface area contributed by atoms with E-state index in [-0.39, 0.29) is 0 Å². The smallest absolute Gasteiger partial charge is 0.0722 e. The zero-order valence-electron chi connectivity index (χ0n) is 3.26. The summed E-state index contributed by atoms with van der Waals surface area (Å²) in [7, 11) is 0. The Morgan fingerprint density at radius 2 is 2.67 bits per heavy atom. The van der Waals surface area contributed by atoms with Gasteiger partial charge in [-0.25, -0.2) is 0 Å². The Kier molecular flexibility index (Phi) is 3.27. The third-order valence-corrected chi connectivity index (χ3v) is 0.288. The predicted molar refractivity (Wildman–Crippen MR) is 22.9 cm³/mol. The molecule has 0 aliphatic rings. The van der Waals surface area contributed by atoms with Crippen LogP contribution in [-0.4, -0.2) is 6.21 Å². The van der Waals surface area contributed by atoms with Crippen molar-refractivity contribution in [3.8, 4) is 6.07 Å². The Labute approximate surface area is 36.1 Å². The van der Waals surface area contributed by atoms with Gasteiger partial charge >= 0.3 is 0 Å². The third kappa shape index (κ3) is 2.96. The maximum Gasteiger partial charge on any atom is 0.0722 e. The van der Waals surface area contributed by atoms with Gasteiger partial charge in [-0.15, -0.1) is 0 Å². The summed E-state index contributed by atoms with van der Waals surface area (Å²) in [5.74, 6) is 4.63. The molecule has 6 heavy (non-hydrogen) atoms. The van der Waals surface area contributed by atoms with Crippen molar-refractivity contribution in [1.82, 2.24) is 0 Å². The SMILES string of the molecule is N#CCC=NN. The standard InChI is InChI=1S/C3H5N3/c4-2-1-3-6-5/h3H,1,5H2. The van der Waals surface area contributed by atoms with Crippen LogP contribution in [0.5, 0.6) is 0 Å². The van der Waals surface area contributed by atoms with E-state index < -0.39 is 0 Å². The summed E-state index contributed by atoms with van der Waals surface area (Å²) in [4.78, 5) is 0. The molecule has 0 fully saturated rings. The molecule has 0 radical (unpaired) electrons. The van der Waals surface area contributed by atoms with Crippen LogP contribution in [0.3, 0.4) is 0 Å². The lowest BCUT2D eigenvalue weighted by Crippen LogP contribution is -1.79. The quantitative estimate of drug-likeness (QED) is 0.272. The van der Waals surface area contributed by atoms with Gasteiger partial charge in [-0.05, 0) is 0 Å². The number of hydrogen-bond acceptors (Lipinski definition) is 3. The summed E-state index contributed by atoms with van der Waals surface area (Å²) >= 11 is 0. The second-order valence-corrected chi connectivity index (χ2v) is 0.694. The molecule has 0 aliphatic heterocycles. The first kappa shape index (κ1) is 4.96. The van der Waals surface area contributed by atoms with E-state index in [1.807, 2.05) is 6.07 Å². The molecule has 0 bridgehead atoms. The van der Waals surface area contributed by atoms with Crippen molar-refractivity contribution in [3.05, 3.63) is 0 Å². The van der Waals surface area contributed by atoms with Crippen molar-refractivity contribution < 1.29 is 0 Å². The largest absolute Gasteiger partial charge is 0.324 e. The van der Waals surface area contributed by atoms with Crippen molar-refractivity contribution in [2.24, 2.45) is 10.9 Å². The summed E-state index contributed by atoms with van der Waals surface area (Å²) in [5.41, 5.74) is 0. The Bertz CT molecular complexity index is 78.5. The molecule has 0 spiro atoms. The van der Waals surface area contributed by atoms with Gasteiger partial charge in [0, 0.05) is 6.21 Å². The van der Waals surface area contributed by atoms with Gasteiger partial charge in [0.15, 0.2) is 0 Å². The van der Waals surface area contributed by atoms with Gasteiger partial charge in [-0.3, -0.25) is 0 Å². The molecule has 0 aliphatic carbocycles. The number of nitrogens with zero attached hydrogens (tertiary/aromatic N) is 2. The van der Waals surface area contributed by atoms with Gasteiger partial charge in [0.1, 0.15) is 0 Å². The number of hydrogen-bond donors (Lipinski definition) is 1. The van der Waals surface area contributed by atoms with Crippen LogP contribution in [0.25, 0.3) is 0 Å². The highest BCUT2D eigenvalue weighted by molar-refractivity contribution is 5.59. The first-order chi connectivity index (χ1) is 2.91. The topological polar surface area (TPSA) is 62.2 Å². The van der Waals surface area contributed by atoms with E-state index >= 15 is 0 Å². The van der Waals surface area contributed by atoms with E-state index in [1.165, 1.54) is 6.21 Å². The lowest BCUT2D eigenvalue weighted by Gasteiger charge is -1.64. The van der Waals surface area contributed by atoms with Crippen molar-refractivity contribution in [2.45, 2.75) is 6.42 Å². The van der Waals surface area contributed by atoms with Crippen LogP contribution in [0.4, 0.5) is 0 Å². The normalized spacial score (nSPS) is 8.50. The molecule has 0 saturated heterocycles. The molecule has 0 aromatic rings. The van der Waals surface area contributed by atoms with E-state index in [9.17, 15) is 0 Å². The average Bonchev–Trinajstić information content (AvgIpc) is 1.61. The lowest BCUT2D eigenvalue weighted by molar-refractivity contribution is 1.24. The molecule has 32 valence electrons. The molecule has 0 unspecified atom stereocenters. The highest BCUT2D eigenvalue weighted by atomic mass is 15.1. The summed E-state index contributed by atoms with van der Waals surface area (Å²) in [6.45, 7) is 0. The number of nitriles is 1. The first-order valence-electron chi connectivity index (χ1n) is 1.50. The molecule has 0 aromatic heterocycles. The Hall–Kier alpha value is -1.04. The fourth-order valence-corrected chi connectivity index (χ4v) is 0.0935. The van der Waals surface area contributed by atoms with Crippen LogP contribution >= 0.6 is 0 Å². The Balaban J connectivity index is 2.92. The van der Waals surface area contributed by atoms with Crippen LogP contribution in [0.1, 0.15) is 6.42 Å². The van der Waals surface area contributed by atoms with Crippen LogP contribution < -0.4 is 5.84 Å².